The van der Waals surface area contributed by atoms with Gasteiger partial charge in [-0.3, -0.25) is 4.79 Å². The second-order valence-corrected chi connectivity index (χ2v) is 6.51. The molecule has 0 unspecified atom stereocenters. The van der Waals surface area contributed by atoms with Gasteiger partial charge in [-0.1, -0.05) is 30.3 Å². The maximum atomic E-state index is 12.1. The van der Waals surface area contributed by atoms with Crippen LogP contribution in [0.5, 0.6) is 0 Å². The third-order valence-corrected chi connectivity index (χ3v) is 4.62. The first-order valence-corrected chi connectivity index (χ1v) is 8.38. The van der Waals surface area contributed by atoms with Crippen LogP contribution in [-0.4, -0.2) is 50.2 Å². The van der Waals surface area contributed by atoms with Crippen LogP contribution in [0, 0.1) is 0 Å². The third-order valence-electron chi connectivity index (χ3n) is 3.14. The van der Waals surface area contributed by atoms with E-state index < -0.39 is 10.0 Å². The van der Waals surface area contributed by atoms with E-state index in [1.165, 1.54) is 13.1 Å². The monoisotopic (exact) mass is 310 g/mol. The predicted octanol–water partition coefficient (Wildman–Crippen LogP) is 1.79. The number of nitrogens with zero attached hydrogens (tertiary/aromatic N) is 2. The number of likely N-dealkylation sites (N-methyl/N-ethyl adjacent to an activating group) is 2. The maximum absolute atomic E-state index is 12.1. The van der Waals surface area contributed by atoms with Crippen molar-refractivity contribution in [3.05, 3.63) is 41.3 Å². The highest BCUT2D eigenvalue weighted by atomic mass is 32.2. The molecule has 0 spiro atoms. The number of carbonyl (C=O) groups is 1. The van der Waals surface area contributed by atoms with Gasteiger partial charge < -0.3 is 4.90 Å². The van der Waals surface area contributed by atoms with Crippen LogP contribution in [0.15, 0.2) is 35.7 Å². The molecule has 0 atom stereocenters. The van der Waals surface area contributed by atoms with E-state index in [1.807, 2.05) is 44.2 Å². The van der Waals surface area contributed by atoms with E-state index in [9.17, 15) is 13.2 Å². The molecule has 0 bridgehead atoms. The lowest BCUT2D eigenvalue weighted by Gasteiger charge is -2.22. The van der Waals surface area contributed by atoms with Crippen molar-refractivity contribution in [1.29, 1.82) is 0 Å². The SMILES string of the molecule is CCN(CC)C(=O)CN(C)S(=O)(=O)C=Cc1ccccc1. The van der Waals surface area contributed by atoms with E-state index >= 15 is 0 Å². The van der Waals surface area contributed by atoms with E-state index in [-0.39, 0.29) is 12.5 Å². The van der Waals surface area contributed by atoms with E-state index in [0.717, 1.165) is 15.3 Å². The Morgan fingerprint density at radius 2 is 1.71 bits per heavy atom. The van der Waals surface area contributed by atoms with Gasteiger partial charge in [0.15, 0.2) is 0 Å². The topological polar surface area (TPSA) is 57.7 Å². The highest BCUT2D eigenvalue weighted by Crippen LogP contribution is 2.07. The Labute approximate surface area is 126 Å². The average Bonchev–Trinajstić information content (AvgIpc) is 2.47. The lowest BCUT2D eigenvalue weighted by Crippen LogP contribution is -2.40. The van der Waals surface area contributed by atoms with Crippen molar-refractivity contribution in [3.8, 4) is 0 Å². The number of sulfonamides is 1. The summed E-state index contributed by atoms with van der Waals surface area (Å²) in [7, 11) is -2.19. The Kier molecular flexibility index (Phi) is 6.58. The molecule has 1 aromatic rings. The average molecular weight is 310 g/mol. The van der Waals surface area contributed by atoms with Gasteiger partial charge in [0.25, 0.3) is 0 Å². The largest absolute Gasteiger partial charge is 0.342 e. The Morgan fingerprint density at radius 3 is 2.24 bits per heavy atom. The Balaban J connectivity index is 2.74. The van der Waals surface area contributed by atoms with Crippen molar-refractivity contribution in [2.75, 3.05) is 26.7 Å². The molecular formula is C15H22N2O3S. The fourth-order valence-corrected chi connectivity index (χ4v) is 2.62. The zero-order valence-corrected chi connectivity index (χ0v) is 13.5. The molecule has 0 aromatic heterocycles. The van der Waals surface area contributed by atoms with Gasteiger partial charge in [-0.15, -0.1) is 0 Å². The van der Waals surface area contributed by atoms with Gasteiger partial charge >= 0.3 is 0 Å². The summed E-state index contributed by atoms with van der Waals surface area (Å²) in [4.78, 5) is 13.5. The van der Waals surface area contributed by atoms with Crippen LogP contribution in [0.2, 0.25) is 0 Å². The second-order valence-electron chi connectivity index (χ2n) is 4.58. The highest BCUT2D eigenvalue weighted by molar-refractivity contribution is 7.92. The van der Waals surface area contributed by atoms with Gasteiger partial charge in [0.2, 0.25) is 15.9 Å². The van der Waals surface area contributed by atoms with Crippen LogP contribution >= 0.6 is 0 Å². The summed E-state index contributed by atoms with van der Waals surface area (Å²) in [6.45, 7) is 4.73. The smallest absolute Gasteiger partial charge is 0.237 e. The van der Waals surface area contributed by atoms with Gasteiger partial charge in [-0.2, -0.15) is 4.31 Å². The molecule has 0 saturated heterocycles. The van der Waals surface area contributed by atoms with E-state index in [1.54, 1.807) is 4.90 Å². The lowest BCUT2D eigenvalue weighted by atomic mass is 10.2. The van der Waals surface area contributed by atoms with Gasteiger partial charge in [0, 0.05) is 25.5 Å². The molecule has 5 nitrogen and oxygen atoms in total. The van der Waals surface area contributed by atoms with Gasteiger partial charge in [0.05, 0.1) is 6.54 Å². The molecule has 6 heteroatoms. The molecule has 1 rings (SSSR count). The predicted molar refractivity (Wildman–Crippen MR) is 85.0 cm³/mol. The first kappa shape index (κ1) is 17.4. The molecule has 116 valence electrons. The van der Waals surface area contributed by atoms with Gasteiger partial charge in [0.1, 0.15) is 0 Å². The van der Waals surface area contributed by atoms with Crippen molar-refractivity contribution >= 4 is 22.0 Å². The van der Waals surface area contributed by atoms with Crippen molar-refractivity contribution in [1.82, 2.24) is 9.21 Å². The fraction of sp³-hybridized carbons (Fsp3) is 0.400. The van der Waals surface area contributed by atoms with E-state index in [2.05, 4.69) is 0 Å². The Hall–Kier alpha value is -1.66. The van der Waals surface area contributed by atoms with Crippen LogP contribution in [0.3, 0.4) is 0 Å². The quantitative estimate of drug-likeness (QED) is 0.771. The van der Waals surface area contributed by atoms with Crippen LogP contribution in [-0.2, 0) is 14.8 Å². The molecule has 0 fully saturated rings. The summed E-state index contributed by atoms with van der Waals surface area (Å²) in [5.41, 5.74) is 0.796. The maximum Gasteiger partial charge on any atom is 0.237 e. The lowest BCUT2D eigenvalue weighted by molar-refractivity contribution is -0.130. The van der Waals surface area contributed by atoms with Crippen molar-refractivity contribution in [2.24, 2.45) is 0 Å². The first-order chi connectivity index (χ1) is 9.90. The molecule has 0 radical (unpaired) electrons. The minimum absolute atomic E-state index is 0.150. The van der Waals surface area contributed by atoms with E-state index in [4.69, 9.17) is 0 Å². The molecule has 1 aromatic carbocycles. The van der Waals surface area contributed by atoms with Crippen LogP contribution < -0.4 is 0 Å². The summed E-state index contributed by atoms with van der Waals surface area (Å²) >= 11 is 0. The number of hydrogen-bond acceptors (Lipinski definition) is 3. The number of benzene rings is 1. The minimum atomic E-state index is -3.60. The van der Waals surface area contributed by atoms with Crippen LogP contribution in [0.1, 0.15) is 19.4 Å². The highest BCUT2D eigenvalue weighted by Gasteiger charge is 2.20. The van der Waals surface area contributed by atoms with E-state index in [0.29, 0.717) is 13.1 Å². The van der Waals surface area contributed by atoms with Crippen LogP contribution in [0.25, 0.3) is 6.08 Å². The first-order valence-electron chi connectivity index (χ1n) is 6.88. The molecule has 21 heavy (non-hydrogen) atoms. The van der Waals surface area contributed by atoms with Crippen molar-refractivity contribution in [3.63, 3.8) is 0 Å². The molecule has 0 aliphatic carbocycles. The molecule has 0 aliphatic rings. The van der Waals surface area contributed by atoms with Crippen LogP contribution in [0.4, 0.5) is 0 Å². The standard InChI is InChI=1S/C15H22N2O3S/c1-4-17(5-2)15(18)13-16(3)21(19,20)12-11-14-9-7-6-8-10-14/h6-12H,4-5,13H2,1-3H3. The van der Waals surface area contributed by atoms with Crippen molar-refractivity contribution in [2.45, 2.75) is 13.8 Å². The zero-order chi connectivity index (χ0) is 15.9. The number of hydrogen-bond donors (Lipinski definition) is 0. The summed E-state index contributed by atoms with van der Waals surface area (Å²) in [6, 6.07) is 9.15. The Morgan fingerprint density at radius 1 is 1.14 bits per heavy atom. The summed E-state index contributed by atoms with van der Waals surface area (Å²) in [6.07, 6.45) is 1.52. The molecule has 0 N–H and O–H groups in total. The minimum Gasteiger partial charge on any atom is -0.342 e. The number of rotatable bonds is 7. The molecule has 0 aliphatic heterocycles. The van der Waals surface area contributed by atoms with Gasteiger partial charge in [-0.05, 0) is 25.5 Å². The van der Waals surface area contributed by atoms with Crippen molar-refractivity contribution < 1.29 is 13.2 Å². The summed E-state index contributed by atoms with van der Waals surface area (Å²) < 4.78 is 25.3. The van der Waals surface area contributed by atoms with Gasteiger partial charge in [-0.25, -0.2) is 8.42 Å². The molecular weight excluding hydrogens is 288 g/mol. The molecule has 1 amide bonds. The normalized spacial score (nSPS) is 12.0. The summed E-state index contributed by atoms with van der Waals surface area (Å²) in [5, 5.41) is 1.12. The Bertz CT molecular complexity index is 578. The summed E-state index contributed by atoms with van der Waals surface area (Å²) in [5.74, 6) is -0.195. The third kappa shape index (κ3) is 5.32. The molecule has 0 heterocycles. The fourth-order valence-electron chi connectivity index (χ4n) is 1.79. The number of carbonyl (C=O) groups excluding carboxylic acids is 1. The zero-order valence-electron chi connectivity index (χ0n) is 12.7. The second kappa shape index (κ2) is 7.95. The number of amides is 1. The molecule has 0 saturated carbocycles.